The van der Waals surface area contributed by atoms with E-state index >= 15 is 0 Å². The van der Waals surface area contributed by atoms with Crippen molar-refractivity contribution in [1.82, 2.24) is 20.4 Å². The van der Waals surface area contributed by atoms with Crippen LogP contribution in [0.4, 0.5) is 5.82 Å². The van der Waals surface area contributed by atoms with E-state index in [4.69, 9.17) is 0 Å². The van der Waals surface area contributed by atoms with E-state index in [0.29, 0.717) is 0 Å². The third kappa shape index (κ3) is 5.06. The fourth-order valence-corrected chi connectivity index (χ4v) is 2.16. The second kappa shape index (κ2) is 7.55. The first-order chi connectivity index (χ1) is 9.69. The van der Waals surface area contributed by atoms with Crippen LogP contribution in [0.5, 0.6) is 0 Å². The average Bonchev–Trinajstić information content (AvgIpc) is 3.26. The number of nitrogens with zero attached hydrogens (tertiary/aromatic N) is 4. The van der Waals surface area contributed by atoms with E-state index in [1.54, 1.807) is 0 Å². The lowest BCUT2D eigenvalue weighted by Gasteiger charge is -2.22. The Morgan fingerprint density at radius 3 is 2.55 bits per heavy atom. The summed E-state index contributed by atoms with van der Waals surface area (Å²) >= 11 is 0. The van der Waals surface area contributed by atoms with Gasteiger partial charge in [0.1, 0.15) is 0 Å². The molecule has 112 valence electrons. The van der Waals surface area contributed by atoms with E-state index in [0.717, 1.165) is 50.2 Å². The Bertz CT molecular complexity index is 386. The highest BCUT2D eigenvalue weighted by atomic mass is 15.3. The zero-order valence-electron chi connectivity index (χ0n) is 13.0. The molecule has 1 aromatic heterocycles. The minimum absolute atomic E-state index is 0.717. The highest BCUT2D eigenvalue weighted by Crippen LogP contribution is 2.19. The van der Waals surface area contributed by atoms with Crippen LogP contribution in [-0.2, 0) is 6.54 Å². The van der Waals surface area contributed by atoms with E-state index in [2.05, 4.69) is 58.5 Å². The third-order valence-corrected chi connectivity index (χ3v) is 3.59. The van der Waals surface area contributed by atoms with Gasteiger partial charge in [0.25, 0.3) is 0 Å². The molecule has 1 heterocycles. The first kappa shape index (κ1) is 15.2. The standard InChI is InChI=1S/C15H27N5/c1-4-20(11-5-10-19(2)3)15-9-8-14(17-18-15)12-16-13-6-7-13/h8-9,13,16H,4-7,10-12H2,1-3H3. The van der Waals surface area contributed by atoms with Gasteiger partial charge in [0.15, 0.2) is 5.82 Å². The number of nitrogens with one attached hydrogen (secondary N) is 1. The smallest absolute Gasteiger partial charge is 0.151 e. The van der Waals surface area contributed by atoms with Crippen molar-refractivity contribution in [3.8, 4) is 0 Å². The summed E-state index contributed by atoms with van der Waals surface area (Å²) in [6.45, 7) is 6.11. The number of aromatic nitrogens is 2. The van der Waals surface area contributed by atoms with Gasteiger partial charge < -0.3 is 15.1 Å². The Morgan fingerprint density at radius 1 is 1.20 bits per heavy atom. The monoisotopic (exact) mass is 277 g/mol. The first-order valence-electron chi connectivity index (χ1n) is 7.64. The lowest BCUT2D eigenvalue weighted by molar-refractivity contribution is 0.400. The number of hydrogen-bond acceptors (Lipinski definition) is 5. The van der Waals surface area contributed by atoms with E-state index < -0.39 is 0 Å². The van der Waals surface area contributed by atoms with Gasteiger partial charge in [0.2, 0.25) is 0 Å². The molecule has 2 rings (SSSR count). The zero-order valence-corrected chi connectivity index (χ0v) is 13.0. The Labute approximate surface area is 122 Å². The summed E-state index contributed by atoms with van der Waals surface area (Å²) in [5, 5.41) is 12.2. The van der Waals surface area contributed by atoms with E-state index in [-0.39, 0.29) is 0 Å². The van der Waals surface area contributed by atoms with Gasteiger partial charge in [-0.3, -0.25) is 0 Å². The molecule has 0 unspecified atom stereocenters. The van der Waals surface area contributed by atoms with Crippen LogP contribution in [0.1, 0.15) is 31.9 Å². The summed E-state index contributed by atoms with van der Waals surface area (Å²) in [7, 11) is 4.22. The largest absolute Gasteiger partial charge is 0.355 e. The molecule has 0 saturated heterocycles. The Balaban J connectivity index is 1.81. The van der Waals surface area contributed by atoms with Crippen LogP contribution in [-0.4, -0.2) is 54.9 Å². The predicted octanol–water partition coefficient (Wildman–Crippen LogP) is 1.51. The summed E-state index contributed by atoms with van der Waals surface area (Å²) in [6.07, 6.45) is 3.76. The molecule has 0 radical (unpaired) electrons. The Kier molecular flexibility index (Phi) is 5.73. The number of hydrogen-bond donors (Lipinski definition) is 1. The Hall–Kier alpha value is -1.20. The maximum atomic E-state index is 4.37. The van der Waals surface area contributed by atoms with E-state index in [1.165, 1.54) is 12.8 Å². The number of anilines is 1. The molecule has 0 aliphatic heterocycles. The molecule has 1 N–H and O–H groups in total. The van der Waals surface area contributed by atoms with Gasteiger partial charge in [0, 0.05) is 25.7 Å². The quantitative estimate of drug-likeness (QED) is 0.741. The van der Waals surface area contributed by atoms with Gasteiger partial charge in [-0.25, -0.2) is 0 Å². The molecule has 1 fully saturated rings. The van der Waals surface area contributed by atoms with Gasteiger partial charge >= 0.3 is 0 Å². The van der Waals surface area contributed by atoms with Gasteiger partial charge in [-0.2, -0.15) is 5.10 Å². The summed E-state index contributed by atoms with van der Waals surface area (Å²) < 4.78 is 0. The molecule has 0 bridgehead atoms. The molecule has 0 amide bonds. The second-order valence-corrected chi connectivity index (χ2v) is 5.77. The van der Waals surface area contributed by atoms with Crippen LogP contribution in [0.25, 0.3) is 0 Å². The van der Waals surface area contributed by atoms with Crippen molar-refractivity contribution >= 4 is 5.82 Å². The lowest BCUT2D eigenvalue weighted by atomic mass is 10.3. The first-order valence-corrected chi connectivity index (χ1v) is 7.64. The van der Waals surface area contributed by atoms with Crippen molar-refractivity contribution in [3.63, 3.8) is 0 Å². The van der Waals surface area contributed by atoms with Crippen molar-refractivity contribution in [2.75, 3.05) is 38.6 Å². The highest BCUT2D eigenvalue weighted by Gasteiger charge is 2.20. The molecule has 0 atom stereocenters. The summed E-state index contributed by atoms with van der Waals surface area (Å²) in [5.74, 6) is 0.987. The molecule has 5 nitrogen and oxygen atoms in total. The van der Waals surface area contributed by atoms with Gasteiger partial charge in [-0.1, -0.05) is 0 Å². The molecular weight excluding hydrogens is 250 g/mol. The molecule has 0 spiro atoms. The lowest BCUT2D eigenvalue weighted by Crippen LogP contribution is -2.28. The van der Waals surface area contributed by atoms with Crippen LogP contribution >= 0.6 is 0 Å². The third-order valence-electron chi connectivity index (χ3n) is 3.59. The van der Waals surface area contributed by atoms with Crippen molar-refractivity contribution in [1.29, 1.82) is 0 Å². The molecule has 20 heavy (non-hydrogen) atoms. The van der Waals surface area contributed by atoms with Crippen molar-refractivity contribution < 1.29 is 0 Å². The van der Waals surface area contributed by atoms with Crippen LogP contribution in [0.15, 0.2) is 12.1 Å². The maximum Gasteiger partial charge on any atom is 0.151 e. The molecule has 1 aromatic rings. The van der Waals surface area contributed by atoms with Gasteiger partial charge in [-0.05, 0) is 59.0 Å². The fraction of sp³-hybridized carbons (Fsp3) is 0.733. The minimum Gasteiger partial charge on any atom is -0.355 e. The van der Waals surface area contributed by atoms with Crippen LogP contribution < -0.4 is 10.2 Å². The maximum absolute atomic E-state index is 4.37. The van der Waals surface area contributed by atoms with E-state index in [9.17, 15) is 0 Å². The minimum atomic E-state index is 0.717. The number of rotatable bonds is 9. The molecule has 5 heteroatoms. The zero-order chi connectivity index (χ0) is 14.4. The highest BCUT2D eigenvalue weighted by molar-refractivity contribution is 5.36. The Morgan fingerprint density at radius 2 is 2.00 bits per heavy atom. The fourth-order valence-electron chi connectivity index (χ4n) is 2.16. The van der Waals surface area contributed by atoms with Gasteiger partial charge in [0.05, 0.1) is 5.69 Å². The molecule has 1 aliphatic rings. The van der Waals surface area contributed by atoms with Crippen molar-refractivity contribution in [2.24, 2.45) is 0 Å². The van der Waals surface area contributed by atoms with Crippen LogP contribution in [0.2, 0.25) is 0 Å². The topological polar surface area (TPSA) is 44.3 Å². The second-order valence-electron chi connectivity index (χ2n) is 5.77. The average molecular weight is 277 g/mol. The van der Waals surface area contributed by atoms with Gasteiger partial charge in [-0.15, -0.1) is 5.10 Å². The van der Waals surface area contributed by atoms with Crippen LogP contribution in [0.3, 0.4) is 0 Å². The summed E-state index contributed by atoms with van der Waals surface area (Å²) in [4.78, 5) is 4.50. The SMILES string of the molecule is CCN(CCCN(C)C)c1ccc(CNC2CC2)nn1. The normalized spacial score (nSPS) is 14.8. The molecular formula is C15H27N5. The predicted molar refractivity (Wildman–Crippen MR) is 83.0 cm³/mol. The molecule has 0 aromatic carbocycles. The molecule has 1 saturated carbocycles. The van der Waals surface area contributed by atoms with Crippen molar-refractivity contribution in [3.05, 3.63) is 17.8 Å². The van der Waals surface area contributed by atoms with Crippen LogP contribution in [0, 0.1) is 0 Å². The summed E-state index contributed by atoms with van der Waals surface area (Å²) in [6, 6.07) is 4.90. The van der Waals surface area contributed by atoms with Crippen molar-refractivity contribution in [2.45, 2.75) is 38.8 Å². The summed E-state index contributed by atoms with van der Waals surface area (Å²) in [5.41, 5.74) is 1.03. The molecule has 1 aliphatic carbocycles. The van der Waals surface area contributed by atoms with E-state index in [1.807, 2.05) is 0 Å².